The molecule has 2 N–H and O–H groups in total. The van der Waals surface area contributed by atoms with Crippen molar-refractivity contribution in [2.24, 2.45) is 0 Å². The van der Waals surface area contributed by atoms with Crippen LogP contribution in [0.25, 0.3) is 0 Å². The third-order valence-electron chi connectivity index (χ3n) is 4.59. The third-order valence-corrected chi connectivity index (χ3v) is 4.59. The first-order valence-corrected chi connectivity index (χ1v) is 8.05. The molecule has 124 valence electrons. The number of aliphatic hydroxyl groups is 1. The number of benzene rings is 1. The normalized spacial score (nSPS) is 24.2. The number of ether oxygens (including phenoxy) is 1. The lowest BCUT2D eigenvalue weighted by molar-refractivity contribution is -0.117. The number of amides is 2. The average molecular weight is 318 g/mol. The molecular weight excluding hydrogens is 296 g/mol. The summed E-state index contributed by atoms with van der Waals surface area (Å²) in [5, 5.41) is 12.2. The molecule has 0 bridgehead atoms. The summed E-state index contributed by atoms with van der Waals surface area (Å²) in [4.78, 5) is 25.9. The minimum absolute atomic E-state index is 0.0135. The van der Waals surface area contributed by atoms with Gasteiger partial charge in [0.05, 0.1) is 12.1 Å². The van der Waals surface area contributed by atoms with Crippen molar-refractivity contribution >= 4 is 17.5 Å². The molecule has 1 aromatic rings. The molecular formula is C17H22N2O4. The number of carbonyl (C=O) groups is 2. The predicted molar refractivity (Wildman–Crippen MR) is 85.4 cm³/mol. The Morgan fingerprint density at radius 1 is 1.35 bits per heavy atom. The SMILES string of the molecule is O=C(NC1(CCO)CCOC1)c1ccc(N2CCCC2=O)cc1. The van der Waals surface area contributed by atoms with Crippen LogP contribution in [-0.4, -0.2) is 48.8 Å². The van der Waals surface area contributed by atoms with E-state index in [-0.39, 0.29) is 18.4 Å². The van der Waals surface area contributed by atoms with Crippen molar-refractivity contribution in [3.63, 3.8) is 0 Å². The molecule has 1 aromatic carbocycles. The number of hydrogen-bond acceptors (Lipinski definition) is 4. The molecule has 6 nitrogen and oxygen atoms in total. The highest BCUT2D eigenvalue weighted by Gasteiger charge is 2.36. The number of anilines is 1. The highest BCUT2D eigenvalue weighted by Crippen LogP contribution is 2.24. The molecule has 3 rings (SSSR count). The lowest BCUT2D eigenvalue weighted by Gasteiger charge is -2.28. The molecule has 0 aliphatic carbocycles. The molecule has 0 radical (unpaired) electrons. The van der Waals surface area contributed by atoms with Gasteiger partial charge in [0.25, 0.3) is 5.91 Å². The van der Waals surface area contributed by atoms with Gasteiger partial charge >= 0.3 is 0 Å². The molecule has 23 heavy (non-hydrogen) atoms. The molecule has 2 heterocycles. The van der Waals surface area contributed by atoms with Crippen LogP contribution in [0, 0.1) is 0 Å². The first kappa shape index (κ1) is 16.0. The van der Waals surface area contributed by atoms with E-state index in [1.54, 1.807) is 17.0 Å². The largest absolute Gasteiger partial charge is 0.396 e. The van der Waals surface area contributed by atoms with Crippen LogP contribution in [0.5, 0.6) is 0 Å². The number of nitrogens with zero attached hydrogens (tertiary/aromatic N) is 1. The highest BCUT2D eigenvalue weighted by molar-refractivity contribution is 5.97. The van der Waals surface area contributed by atoms with Crippen LogP contribution in [0.2, 0.25) is 0 Å². The maximum absolute atomic E-state index is 12.4. The fourth-order valence-electron chi connectivity index (χ4n) is 3.21. The second-order valence-electron chi connectivity index (χ2n) is 6.21. The van der Waals surface area contributed by atoms with Gasteiger partial charge in [-0.3, -0.25) is 9.59 Å². The van der Waals surface area contributed by atoms with Crippen molar-refractivity contribution in [3.8, 4) is 0 Å². The number of carbonyl (C=O) groups excluding carboxylic acids is 2. The van der Waals surface area contributed by atoms with E-state index in [4.69, 9.17) is 4.74 Å². The Hall–Kier alpha value is -1.92. The summed E-state index contributed by atoms with van der Waals surface area (Å²) < 4.78 is 5.38. The summed E-state index contributed by atoms with van der Waals surface area (Å²) in [5.74, 6) is -0.0459. The zero-order valence-electron chi connectivity index (χ0n) is 13.1. The van der Waals surface area contributed by atoms with Gasteiger partial charge in [0.1, 0.15) is 0 Å². The maximum atomic E-state index is 12.4. The number of aliphatic hydroxyl groups excluding tert-OH is 1. The summed E-state index contributed by atoms with van der Waals surface area (Å²) in [7, 11) is 0. The summed E-state index contributed by atoms with van der Waals surface area (Å²) in [6.07, 6.45) is 2.66. The lowest BCUT2D eigenvalue weighted by atomic mass is 9.94. The van der Waals surface area contributed by atoms with Gasteiger partial charge in [-0.2, -0.15) is 0 Å². The van der Waals surface area contributed by atoms with E-state index in [2.05, 4.69) is 5.32 Å². The average Bonchev–Trinajstić information content (AvgIpc) is 3.17. The number of hydrogen-bond donors (Lipinski definition) is 2. The molecule has 1 atom stereocenters. The summed E-state index contributed by atoms with van der Waals surface area (Å²) >= 11 is 0. The van der Waals surface area contributed by atoms with Crippen LogP contribution >= 0.6 is 0 Å². The Bertz CT molecular complexity index is 579. The Morgan fingerprint density at radius 2 is 2.13 bits per heavy atom. The fourth-order valence-corrected chi connectivity index (χ4v) is 3.21. The zero-order chi connectivity index (χ0) is 16.3. The molecule has 2 fully saturated rings. The van der Waals surface area contributed by atoms with Gasteiger partial charge in [0.2, 0.25) is 5.91 Å². The summed E-state index contributed by atoms with van der Waals surface area (Å²) in [6.45, 7) is 1.77. The van der Waals surface area contributed by atoms with Gasteiger partial charge in [0, 0.05) is 37.4 Å². The van der Waals surface area contributed by atoms with Crippen molar-refractivity contribution < 1.29 is 19.4 Å². The van der Waals surface area contributed by atoms with E-state index in [0.29, 0.717) is 38.0 Å². The number of nitrogens with one attached hydrogen (secondary N) is 1. The minimum Gasteiger partial charge on any atom is -0.396 e. The van der Waals surface area contributed by atoms with E-state index in [1.165, 1.54) is 0 Å². The van der Waals surface area contributed by atoms with Gasteiger partial charge in [0.15, 0.2) is 0 Å². The predicted octanol–water partition coefficient (Wildman–Crippen LogP) is 1.08. The van der Waals surface area contributed by atoms with Gasteiger partial charge in [-0.25, -0.2) is 0 Å². The molecule has 2 aliphatic heterocycles. The van der Waals surface area contributed by atoms with Crippen molar-refractivity contribution in [3.05, 3.63) is 29.8 Å². The highest BCUT2D eigenvalue weighted by atomic mass is 16.5. The molecule has 2 amide bonds. The quantitative estimate of drug-likeness (QED) is 0.852. The van der Waals surface area contributed by atoms with E-state index in [0.717, 1.165) is 18.7 Å². The lowest BCUT2D eigenvalue weighted by Crippen LogP contribution is -2.49. The van der Waals surface area contributed by atoms with Crippen LogP contribution in [0.4, 0.5) is 5.69 Å². The van der Waals surface area contributed by atoms with E-state index in [9.17, 15) is 14.7 Å². The maximum Gasteiger partial charge on any atom is 0.251 e. The molecule has 6 heteroatoms. The second-order valence-corrected chi connectivity index (χ2v) is 6.21. The van der Waals surface area contributed by atoms with Crippen molar-refractivity contribution in [2.45, 2.75) is 31.2 Å². The van der Waals surface area contributed by atoms with E-state index in [1.807, 2.05) is 12.1 Å². The molecule has 0 spiro atoms. The summed E-state index contributed by atoms with van der Waals surface area (Å²) in [6, 6.07) is 7.08. The third kappa shape index (κ3) is 3.38. The fraction of sp³-hybridized carbons (Fsp3) is 0.529. The van der Waals surface area contributed by atoms with Crippen LogP contribution < -0.4 is 10.2 Å². The summed E-state index contributed by atoms with van der Waals surface area (Å²) in [5.41, 5.74) is 0.901. The van der Waals surface area contributed by atoms with Gasteiger partial charge in [-0.15, -0.1) is 0 Å². The number of rotatable bonds is 5. The Labute approximate surface area is 135 Å². The van der Waals surface area contributed by atoms with Gasteiger partial charge in [-0.1, -0.05) is 0 Å². The van der Waals surface area contributed by atoms with Crippen molar-refractivity contribution in [1.29, 1.82) is 0 Å². The van der Waals surface area contributed by atoms with Crippen LogP contribution in [0.15, 0.2) is 24.3 Å². The van der Waals surface area contributed by atoms with Crippen LogP contribution in [0.1, 0.15) is 36.0 Å². The molecule has 2 aliphatic rings. The van der Waals surface area contributed by atoms with Crippen molar-refractivity contribution in [2.75, 3.05) is 31.3 Å². The Morgan fingerprint density at radius 3 is 2.70 bits per heavy atom. The topological polar surface area (TPSA) is 78.9 Å². The minimum atomic E-state index is -0.477. The Kier molecular flexibility index (Phi) is 4.63. The van der Waals surface area contributed by atoms with Gasteiger partial charge < -0.3 is 20.1 Å². The Balaban J connectivity index is 1.69. The zero-order valence-corrected chi connectivity index (χ0v) is 13.1. The molecule has 0 saturated carbocycles. The van der Waals surface area contributed by atoms with E-state index >= 15 is 0 Å². The van der Waals surface area contributed by atoms with Gasteiger partial charge in [-0.05, 0) is 43.5 Å². The van der Waals surface area contributed by atoms with E-state index < -0.39 is 5.54 Å². The molecule has 2 saturated heterocycles. The molecule has 1 unspecified atom stereocenters. The first-order valence-electron chi connectivity index (χ1n) is 8.05. The van der Waals surface area contributed by atoms with Crippen LogP contribution in [-0.2, 0) is 9.53 Å². The smallest absolute Gasteiger partial charge is 0.251 e. The van der Waals surface area contributed by atoms with Crippen molar-refractivity contribution in [1.82, 2.24) is 5.32 Å². The standard InChI is InChI=1S/C17H22N2O4/c20-10-7-17(8-11-23-12-17)18-16(22)13-3-5-14(6-4-13)19-9-1-2-15(19)21/h3-6,20H,1-2,7-12H2,(H,18,22). The molecule has 0 aromatic heterocycles. The second kappa shape index (κ2) is 6.68. The monoisotopic (exact) mass is 318 g/mol. The van der Waals surface area contributed by atoms with Crippen LogP contribution in [0.3, 0.4) is 0 Å². The first-order chi connectivity index (χ1) is 11.1.